The van der Waals surface area contributed by atoms with Gasteiger partial charge >= 0.3 is 0 Å². The Bertz CT molecular complexity index is 782. The zero-order valence-electron chi connectivity index (χ0n) is 11.1. The van der Waals surface area contributed by atoms with E-state index in [1.165, 1.54) is 12.1 Å². The Hall–Kier alpha value is -1.84. The minimum atomic E-state index is -3.40. The summed E-state index contributed by atoms with van der Waals surface area (Å²) in [6.07, 6.45) is 0. The third kappa shape index (κ3) is 4.31. The highest BCUT2D eigenvalue weighted by Crippen LogP contribution is 2.16. The van der Waals surface area contributed by atoms with Crippen LogP contribution in [0.4, 0.5) is 5.69 Å². The van der Waals surface area contributed by atoms with Crippen molar-refractivity contribution in [3.05, 3.63) is 58.6 Å². The van der Waals surface area contributed by atoms with Gasteiger partial charge in [-0.25, -0.2) is 8.42 Å². The first-order valence-corrected chi connectivity index (χ1v) is 8.68. The molecule has 0 atom stereocenters. The van der Waals surface area contributed by atoms with Crippen molar-refractivity contribution < 1.29 is 8.42 Å². The monoisotopic (exact) mass is 364 g/mol. The van der Waals surface area contributed by atoms with Gasteiger partial charge in [0.2, 0.25) is 0 Å². The Morgan fingerprint density at radius 3 is 2.62 bits per heavy atom. The van der Waals surface area contributed by atoms with Gasteiger partial charge in [0.1, 0.15) is 0 Å². The molecule has 2 rings (SSSR count). The molecule has 2 aromatic rings. The normalized spacial score (nSPS) is 10.9. The molecule has 0 amide bonds. The van der Waals surface area contributed by atoms with Crippen LogP contribution in [-0.2, 0) is 9.84 Å². The largest absolute Gasteiger partial charge is 0.384 e. The molecule has 0 unspecified atom stereocenters. The molecule has 6 heteroatoms. The Morgan fingerprint density at radius 2 is 1.90 bits per heavy atom. The molecule has 2 aromatic carbocycles. The Kier molecular flexibility index (Phi) is 4.99. The standard InChI is InChI=1S/C15H13BrN2O2S/c16-13-4-2-5-14(10-13)18-7-8-21(19,20)15-6-1-3-12(9-15)11-17/h1-6,9-10,18H,7-8H2. The third-order valence-electron chi connectivity index (χ3n) is 2.85. The molecule has 0 heterocycles. The number of sulfone groups is 1. The van der Waals surface area contributed by atoms with Gasteiger partial charge in [0.15, 0.2) is 9.84 Å². The number of hydrogen-bond donors (Lipinski definition) is 1. The molecule has 21 heavy (non-hydrogen) atoms. The Labute approximate surface area is 132 Å². The number of benzene rings is 2. The van der Waals surface area contributed by atoms with Gasteiger partial charge in [0.25, 0.3) is 0 Å². The number of rotatable bonds is 5. The number of nitriles is 1. The minimum Gasteiger partial charge on any atom is -0.384 e. The summed E-state index contributed by atoms with van der Waals surface area (Å²) in [6, 6.07) is 15.5. The summed E-state index contributed by atoms with van der Waals surface area (Å²) in [5, 5.41) is 11.9. The number of halogens is 1. The van der Waals surface area contributed by atoms with Crippen LogP contribution in [0.15, 0.2) is 57.9 Å². The second-order valence-corrected chi connectivity index (χ2v) is 7.42. The Balaban J connectivity index is 2.03. The summed E-state index contributed by atoms with van der Waals surface area (Å²) >= 11 is 3.36. The van der Waals surface area contributed by atoms with Crippen LogP contribution in [0.2, 0.25) is 0 Å². The van der Waals surface area contributed by atoms with Gasteiger partial charge in [-0.3, -0.25) is 0 Å². The van der Waals surface area contributed by atoms with Gasteiger partial charge in [-0.1, -0.05) is 28.1 Å². The first-order valence-electron chi connectivity index (χ1n) is 6.24. The first kappa shape index (κ1) is 15.5. The fourth-order valence-corrected chi connectivity index (χ4v) is 3.40. The summed E-state index contributed by atoms with van der Waals surface area (Å²) in [4.78, 5) is 0.178. The lowest BCUT2D eigenvalue weighted by molar-refractivity contribution is 0.596. The molecule has 1 N–H and O–H groups in total. The van der Waals surface area contributed by atoms with Crippen molar-refractivity contribution in [2.45, 2.75) is 4.90 Å². The van der Waals surface area contributed by atoms with Crippen molar-refractivity contribution >= 4 is 31.5 Å². The van der Waals surface area contributed by atoms with Gasteiger partial charge in [-0.2, -0.15) is 5.26 Å². The third-order valence-corrected chi connectivity index (χ3v) is 5.05. The predicted octanol–water partition coefficient (Wildman–Crippen LogP) is 3.21. The zero-order chi connectivity index (χ0) is 15.3. The predicted molar refractivity (Wildman–Crippen MR) is 85.8 cm³/mol. The number of nitrogens with zero attached hydrogens (tertiary/aromatic N) is 1. The minimum absolute atomic E-state index is 0.0333. The summed E-state index contributed by atoms with van der Waals surface area (Å²) in [6.45, 7) is 0.301. The molecule has 0 bridgehead atoms. The zero-order valence-corrected chi connectivity index (χ0v) is 13.5. The lowest BCUT2D eigenvalue weighted by Gasteiger charge is -2.08. The van der Waals surface area contributed by atoms with Crippen LogP contribution in [0.25, 0.3) is 0 Å². The molecular weight excluding hydrogens is 352 g/mol. The lowest BCUT2D eigenvalue weighted by Crippen LogP contribution is -2.16. The van der Waals surface area contributed by atoms with E-state index in [0.717, 1.165) is 10.2 Å². The highest BCUT2D eigenvalue weighted by atomic mass is 79.9. The van der Waals surface area contributed by atoms with Crippen molar-refractivity contribution in [1.29, 1.82) is 5.26 Å². The smallest absolute Gasteiger partial charge is 0.180 e. The topological polar surface area (TPSA) is 70.0 Å². The number of hydrogen-bond acceptors (Lipinski definition) is 4. The maximum Gasteiger partial charge on any atom is 0.180 e. The molecule has 0 fully saturated rings. The molecule has 0 spiro atoms. The summed E-state index contributed by atoms with van der Waals surface area (Å²) in [5.41, 5.74) is 1.20. The average molecular weight is 365 g/mol. The second-order valence-electron chi connectivity index (χ2n) is 4.40. The van der Waals surface area contributed by atoms with E-state index in [1.54, 1.807) is 12.1 Å². The van der Waals surface area contributed by atoms with Crippen molar-refractivity contribution in [1.82, 2.24) is 0 Å². The van der Waals surface area contributed by atoms with Crippen LogP contribution in [0.3, 0.4) is 0 Å². The van der Waals surface area contributed by atoms with Crippen LogP contribution in [0.1, 0.15) is 5.56 Å². The van der Waals surface area contributed by atoms with E-state index in [0.29, 0.717) is 12.1 Å². The van der Waals surface area contributed by atoms with E-state index in [1.807, 2.05) is 30.3 Å². The summed E-state index contributed by atoms with van der Waals surface area (Å²) in [5.74, 6) is -0.0333. The SMILES string of the molecule is N#Cc1cccc(S(=O)(=O)CCNc2cccc(Br)c2)c1. The van der Waals surface area contributed by atoms with Crippen molar-refractivity contribution in [3.63, 3.8) is 0 Å². The van der Waals surface area contributed by atoms with Gasteiger partial charge in [-0.15, -0.1) is 0 Å². The molecule has 0 aliphatic heterocycles. The van der Waals surface area contributed by atoms with Gasteiger partial charge in [0.05, 0.1) is 22.3 Å². The average Bonchev–Trinajstić information content (AvgIpc) is 2.47. The van der Waals surface area contributed by atoms with E-state index < -0.39 is 9.84 Å². The molecule has 4 nitrogen and oxygen atoms in total. The number of nitrogens with one attached hydrogen (secondary N) is 1. The lowest BCUT2D eigenvalue weighted by atomic mass is 10.2. The van der Waals surface area contributed by atoms with Crippen molar-refractivity contribution in [3.8, 4) is 6.07 Å². The second kappa shape index (κ2) is 6.74. The van der Waals surface area contributed by atoms with Crippen LogP contribution in [0, 0.1) is 11.3 Å². The molecule has 0 aliphatic carbocycles. The molecule has 0 radical (unpaired) electrons. The highest BCUT2D eigenvalue weighted by molar-refractivity contribution is 9.10. The molecular formula is C15H13BrN2O2S. The maximum absolute atomic E-state index is 12.2. The number of anilines is 1. The fourth-order valence-electron chi connectivity index (χ4n) is 1.81. The first-order chi connectivity index (χ1) is 10.0. The van der Waals surface area contributed by atoms with E-state index in [-0.39, 0.29) is 10.6 Å². The van der Waals surface area contributed by atoms with E-state index in [4.69, 9.17) is 5.26 Å². The van der Waals surface area contributed by atoms with Gasteiger partial charge < -0.3 is 5.32 Å². The molecule has 108 valence electrons. The molecule has 0 aromatic heterocycles. The summed E-state index contributed by atoms with van der Waals surface area (Å²) in [7, 11) is -3.40. The quantitative estimate of drug-likeness (QED) is 0.884. The molecule has 0 saturated heterocycles. The van der Waals surface area contributed by atoms with E-state index in [9.17, 15) is 8.42 Å². The maximum atomic E-state index is 12.2. The Morgan fingerprint density at radius 1 is 1.14 bits per heavy atom. The van der Waals surface area contributed by atoms with Crippen LogP contribution < -0.4 is 5.32 Å². The highest BCUT2D eigenvalue weighted by Gasteiger charge is 2.14. The molecule has 0 aliphatic rings. The van der Waals surface area contributed by atoms with Crippen LogP contribution in [0.5, 0.6) is 0 Å². The molecule has 0 saturated carbocycles. The fraction of sp³-hybridized carbons (Fsp3) is 0.133. The van der Waals surface area contributed by atoms with Gasteiger partial charge in [0, 0.05) is 16.7 Å². The van der Waals surface area contributed by atoms with E-state index >= 15 is 0 Å². The van der Waals surface area contributed by atoms with Crippen LogP contribution >= 0.6 is 15.9 Å². The van der Waals surface area contributed by atoms with Crippen LogP contribution in [-0.4, -0.2) is 20.7 Å². The van der Waals surface area contributed by atoms with Gasteiger partial charge in [-0.05, 0) is 36.4 Å². The van der Waals surface area contributed by atoms with Crippen molar-refractivity contribution in [2.24, 2.45) is 0 Å². The van der Waals surface area contributed by atoms with E-state index in [2.05, 4.69) is 21.2 Å². The van der Waals surface area contributed by atoms with Crippen molar-refractivity contribution in [2.75, 3.05) is 17.6 Å². The summed E-state index contributed by atoms with van der Waals surface area (Å²) < 4.78 is 25.3.